The Labute approximate surface area is 110 Å². The summed E-state index contributed by atoms with van der Waals surface area (Å²) >= 11 is 0. The molecule has 1 aromatic heterocycles. The zero-order valence-electron chi connectivity index (χ0n) is 10.7. The van der Waals surface area contributed by atoms with Crippen molar-refractivity contribution in [1.82, 2.24) is 15.1 Å². The summed E-state index contributed by atoms with van der Waals surface area (Å²) in [7, 11) is 3.66. The van der Waals surface area contributed by atoms with Crippen molar-refractivity contribution in [3.63, 3.8) is 0 Å². The minimum Gasteiger partial charge on any atom is -0.435 e. The van der Waals surface area contributed by atoms with Gasteiger partial charge in [-0.05, 0) is 19.2 Å². The van der Waals surface area contributed by atoms with Gasteiger partial charge in [-0.25, -0.2) is 0 Å². The molecule has 1 aromatic carbocycles. The first-order chi connectivity index (χ1) is 9.10. The number of nitrogens with one attached hydrogen (secondary N) is 1. The van der Waals surface area contributed by atoms with Gasteiger partial charge in [-0.15, -0.1) is 0 Å². The van der Waals surface area contributed by atoms with Gasteiger partial charge in [0.2, 0.25) is 0 Å². The second kappa shape index (κ2) is 5.79. The van der Waals surface area contributed by atoms with Gasteiger partial charge in [-0.1, -0.05) is 12.1 Å². The van der Waals surface area contributed by atoms with Crippen molar-refractivity contribution in [2.75, 3.05) is 7.05 Å². The van der Waals surface area contributed by atoms with Gasteiger partial charge in [0.1, 0.15) is 5.75 Å². The number of aryl methyl sites for hydroxylation is 1. The van der Waals surface area contributed by atoms with Gasteiger partial charge in [-0.2, -0.15) is 13.9 Å². The molecule has 2 rings (SSSR count). The lowest BCUT2D eigenvalue weighted by Gasteiger charge is -2.06. The largest absolute Gasteiger partial charge is 0.435 e. The molecule has 0 radical (unpaired) electrons. The van der Waals surface area contributed by atoms with Crippen molar-refractivity contribution in [2.24, 2.45) is 7.05 Å². The lowest BCUT2D eigenvalue weighted by atomic mass is 10.1. The Morgan fingerprint density at radius 3 is 2.89 bits per heavy atom. The van der Waals surface area contributed by atoms with Crippen LogP contribution in [0.4, 0.5) is 8.78 Å². The highest BCUT2D eigenvalue weighted by molar-refractivity contribution is 5.64. The first-order valence-corrected chi connectivity index (χ1v) is 5.82. The summed E-state index contributed by atoms with van der Waals surface area (Å²) in [6.07, 6.45) is 1.90. The lowest BCUT2D eigenvalue weighted by Crippen LogP contribution is -2.05. The van der Waals surface area contributed by atoms with Crippen LogP contribution in [0.1, 0.15) is 5.56 Å². The fourth-order valence-electron chi connectivity index (χ4n) is 1.92. The molecule has 1 N–H and O–H groups in total. The van der Waals surface area contributed by atoms with E-state index in [0.717, 1.165) is 16.8 Å². The summed E-state index contributed by atoms with van der Waals surface area (Å²) in [6, 6.07) is 6.55. The molecule has 0 amide bonds. The summed E-state index contributed by atoms with van der Waals surface area (Å²) in [6.45, 7) is -2.17. The zero-order chi connectivity index (χ0) is 13.8. The van der Waals surface area contributed by atoms with E-state index in [1.54, 1.807) is 16.8 Å². The number of nitrogens with zero attached hydrogens (tertiary/aromatic N) is 2. The van der Waals surface area contributed by atoms with E-state index in [0.29, 0.717) is 6.54 Å². The topological polar surface area (TPSA) is 39.1 Å². The van der Waals surface area contributed by atoms with E-state index in [-0.39, 0.29) is 5.75 Å². The molecule has 0 bridgehead atoms. The average Bonchev–Trinajstić information content (AvgIpc) is 2.70. The summed E-state index contributed by atoms with van der Waals surface area (Å²) in [5.74, 6) is 0.133. The maximum Gasteiger partial charge on any atom is 0.387 e. The van der Waals surface area contributed by atoms with Crippen LogP contribution in [0.2, 0.25) is 0 Å². The van der Waals surface area contributed by atoms with Crippen LogP contribution >= 0.6 is 0 Å². The van der Waals surface area contributed by atoms with E-state index < -0.39 is 6.61 Å². The molecule has 0 aliphatic heterocycles. The van der Waals surface area contributed by atoms with Crippen molar-refractivity contribution in [3.8, 4) is 17.0 Å². The molecule has 0 spiro atoms. The van der Waals surface area contributed by atoms with Gasteiger partial charge in [0.25, 0.3) is 0 Å². The summed E-state index contributed by atoms with van der Waals surface area (Å²) in [4.78, 5) is 0. The molecule has 0 aliphatic carbocycles. The predicted octanol–water partition coefficient (Wildman–Crippen LogP) is 2.41. The Morgan fingerprint density at radius 2 is 2.21 bits per heavy atom. The highest BCUT2D eigenvalue weighted by Crippen LogP contribution is 2.26. The Bertz CT molecular complexity index is 555. The number of hydrogen-bond acceptors (Lipinski definition) is 3. The number of aromatic nitrogens is 2. The summed E-state index contributed by atoms with van der Waals surface area (Å²) < 4.78 is 30.5. The molecule has 6 heteroatoms. The third-order valence-electron chi connectivity index (χ3n) is 2.60. The van der Waals surface area contributed by atoms with Crippen molar-refractivity contribution in [1.29, 1.82) is 0 Å². The van der Waals surface area contributed by atoms with Crippen LogP contribution < -0.4 is 10.1 Å². The second-order valence-electron chi connectivity index (χ2n) is 4.11. The Kier molecular flexibility index (Phi) is 4.11. The number of rotatable bonds is 5. The Hall–Kier alpha value is -1.95. The summed E-state index contributed by atoms with van der Waals surface area (Å²) in [5, 5.41) is 7.40. The van der Waals surface area contributed by atoms with Gasteiger partial charge in [0, 0.05) is 30.9 Å². The molecule has 1 heterocycles. The van der Waals surface area contributed by atoms with E-state index in [9.17, 15) is 8.78 Å². The molecule has 4 nitrogen and oxygen atoms in total. The molecule has 0 aliphatic rings. The van der Waals surface area contributed by atoms with E-state index in [1.165, 1.54) is 6.07 Å². The quantitative estimate of drug-likeness (QED) is 0.904. The van der Waals surface area contributed by atoms with Crippen LogP contribution in [0, 0.1) is 0 Å². The smallest absolute Gasteiger partial charge is 0.387 e. The maximum atomic E-state index is 12.2. The van der Waals surface area contributed by atoms with Crippen LogP contribution in [-0.4, -0.2) is 23.4 Å². The van der Waals surface area contributed by atoms with Crippen molar-refractivity contribution < 1.29 is 13.5 Å². The SMILES string of the molecule is CNCc1cn(C)nc1-c1cccc(OC(F)F)c1. The molecule has 19 heavy (non-hydrogen) atoms. The number of benzene rings is 1. The molecule has 2 aromatic rings. The second-order valence-corrected chi connectivity index (χ2v) is 4.11. The van der Waals surface area contributed by atoms with E-state index >= 15 is 0 Å². The van der Waals surface area contributed by atoms with Crippen molar-refractivity contribution in [3.05, 3.63) is 36.0 Å². The summed E-state index contributed by atoms with van der Waals surface area (Å²) in [5.41, 5.74) is 2.51. The number of halogens is 2. The van der Waals surface area contributed by atoms with Gasteiger partial charge >= 0.3 is 6.61 Å². The third kappa shape index (κ3) is 3.29. The fraction of sp³-hybridized carbons (Fsp3) is 0.308. The van der Waals surface area contributed by atoms with E-state index in [2.05, 4.69) is 15.2 Å². The minimum absolute atomic E-state index is 0.133. The highest BCUT2D eigenvalue weighted by Gasteiger charge is 2.11. The number of alkyl halides is 2. The molecular weight excluding hydrogens is 252 g/mol. The molecule has 0 saturated heterocycles. The Morgan fingerprint density at radius 1 is 1.42 bits per heavy atom. The first kappa shape index (κ1) is 13.5. The molecule has 0 saturated carbocycles. The van der Waals surface area contributed by atoms with Gasteiger partial charge < -0.3 is 10.1 Å². The van der Waals surface area contributed by atoms with Crippen LogP contribution in [0.5, 0.6) is 5.75 Å². The minimum atomic E-state index is -2.82. The van der Waals surface area contributed by atoms with Gasteiger partial charge in [0.05, 0.1) is 5.69 Å². The number of hydrogen-bond donors (Lipinski definition) is 1. The highest BCUT2D eigenvalue weighted by atomic mass is 19.3. The molecular formula is C13H15F2N3O. The first-order valence-electron chi connectivity index (χ1n) is 5.82. The van der Waals surface area contributed by atoms with Crippen molar-refractivity contribution >= 4 is 0 Å². The zero-order valence-corrected chi connectivity index (χ0v) is 10.7. The van der Waals surface area contributed by atoms with Gasteiger partial charge in [0.15, 0.2) is 0 Å². The van der Waals surface area contributed by atoms with Crippen LogP contribution in [0.3, 0.4) is 0 Å². The monoisotopic (exact) mass is 267 g/mol. The third-order valence-corrected chi connectivity index (χ3v) is 2.60. The predicted molar refractivity (Wildman–Crippen MR) is 68.0 cm³/mol. The maximum absolute atomic E-state index is 12.2. The van der Waals surface area contributed by atoms with Crippen molar-refractivity contribution in [2.45, 2.75) is 13.2 Å². The Balaban J connectivity index is 2.35. The van der Waals surface area contributed by atoms with Crippen LogP contribution in [-0.2, 0) is 13.6 Å². The lowest BCUT2D eigenvalue weighted by molar-refractivity contribution is -0.0498. The fourth-order valence-corrected chi connectivity index (χ4v) is 1.92. The standard InChI is InChI=1S/C13H15F2N3O/c1-16-7-10-8-18(2)17-12(10)9-4-3-5-11(6-9)19-13(14)15/h3-6,8,13,16H,7H2,1-2H3. The van der Waals surface area contributed by atoms with Crippen LogP contribution in [0.25, 0.3) is 11.3 Å². The van der Waals surface area contributed by atoms with E-state index in [1.807, 2.05) is 26.4 Å². The number of ether oxygens (including phenoxy) is 1. The van der Waals surface area contributed by atoms with Crippen LogP contribution in [0.15, 0.2) is 30.5 Å². The molecule has 102 valence electrons. The molecule has 0 fully saturated rings. The van der Waals surface area contributed by atoms with E-state index in [4.69, 9.17) is 0 Å². The molecule has 0 atom stereocenters. The molecule has 0 unspecified atom stereocenters. The normalized spacial score (nSPS) is 11.0. The van der Waals surface area contributed by atoms with Gasteiger partial charge in [-0.3, -0.25) is 4.68 Å². The average molecular weight is 267 g/mol.